The van der Waals surface area contributed by atoms with Gasteiger partial charge in [0.1, 0.15) is 0 Å². The molecule has 19 heavy (non-hydrogen) atoms. The van der Waals surface area contributed by atoms with Gasteiger partial charge < -0.3 is 11.5 Å². The molecule has 0 bridgehead atoms. The van der Waals surface area contributed by atoms with Gasteiger partial charge in [-0.1, -0.05) is 12.1 Å². The van der Waals surface area contributed by atoms with Crippen LogP contribution in [-0.4, -0.2) is 29.9 Å². The summed E-state index contributed by atoms with van der Waals surface area (Å²) in [5, 5.41) is 2.06. The molecule has 0 unspecified atom stereocenters. The Hall–Kier alpha value is -2.08. The van der Waals surface area contributed by atoms with Crippen molar-refractivity contribution in [2.45, 2.75) is 19.4 Å². The van der Waals surface area contributed by atoms with Gasteiger partial charge >= 0.3 is 6.03 Å². The monoisotopic (exact) mass is 262 g/mol. The van der Waals surface area contributed by atoms with Crippen LogP contribution >= 0.6 is 0 Å². The molecule has 2 rings (SSSR count). The molecule has 1 heterocycles. The molecule has 0 radical (unpaired) electrons. The Kier molecular flexibility index (Phi) is 4.01. The number of rotatable bonds is 3. The molecule has 0 saturated carbocycles. The van der Waals surface area contributed by atoms with Crippen molar-refractivity contribution in [1.29, 1.82) is 0 Å². The number of amides is 3. The van der Waals surface area contributed by atoms with E-state index >= 15 is 0 Å². The lowest BCUT2D eigenvalue weighted by atomic mass is 9.98. The van der Waals surface area contributed by atoms with Gasteiger partial charge in [0, 0.05) is 31.7 Å². The van der Waals surface area contributed by atoms with E-state index < -0.39 is 6.03 Å². The summed E-state index contributed by atoms with van der Waals surface area (Å²) in [4.78, 5) is 24.0. The van der Waals surface area contributed by atoms with E-state index in [9.17, 15) is 9.59 Å². The SMILES string of the molecule is NC(=O)NC(=O)CCN1CCc2cccc(N)c2C1. The number of nitrogen functional groups attached to an aromatic ring is 1. The molecule has 0 fully saturated rings. The molecule has 6 heteroatoms. The van der Waals surface area contributed by atoms with E-state index in [2.05, 4.69) is 16.3 Å². The molecule has 102 valence electrons. The first-order valence-electron chi connectivity index (χ1n) is 6.24. The van der Waals surface area contributed by atoms with E-state index in [0.717, 1.165) is 30.8 Å². The van der Waals surface area contributed by atoms with Crippen LogP contribution in [-0.2, 0) is 17.8 Å². The van der Waals surface area contributed by atoms with Crippen LogP contribution in [0.2, 0.25) is 0 Å². The molecule has 1 aliphatic rings. The summed E-state index contributed by atoms with van der Waals surface area (Å²) in [6.45, 7) is 2.22. The van der Waals surface area contributed by atoms with E-state index in [1.165, 1.54) is 5.56 Å². The number of nitrogens with zero attached hydrogens (tertiary/aromatic N) is 1. The molecule has 1 aromatic carbocycles. The van der Waals surface area contributed by atoms with Crippen molar-refractivity contribution in [2.24, 2.45) is 5.73 Å². The molecule has 0 aliphatic carbocycles. The first kappa shape index (κ1) is 13.4. The lowest BCUT2D eigenvalue weighted by molar-refractivity contribution is -0.120. The number of anilines is 1. The van der Waals surface area contributed by atoms with Crippen molar-refractivity contribution in [3.63, 3.8) is 0 Å². The highest BCUT2D eigenvalue weighted by Crippen LogP contribution is 2.24. The largest absolute Gasteiger partial charge is 0.398 e. The van der Waals surface area contributed by atoms with Crippen LogP contribution in [0, 0.1) is 0 Å². The van der Waals surface area contributed by atoms with Crippen LogP contribution in [0.3, 0.4) is 0 Å². The average molecular weight is 262 g/mol. The molecule has 0 saturated heterocycles. The van der Waals surface area contributed by atoms with Crippen LogP contribution < -0.4 is 16.8 Å². The topological polar surface area (TPSA) is 101 Å². The molecule has 1 aromatic rings. The first-order valence-corrected chi connectivity index (χ1v) is 6.24. The molecule has 0 aromatic heterocycles. The number of nitrogens with two attached hydrogens (primary N) is 2. The quantitative estimate of drug-likeness (QED) is 0.678. The van der Waals surface area contributed by atoms with Crippen LogP contribution in [0.15, 0.2) is 18.2 Å². The highest BCUT2D eigenvalue weighted by atomic mass is 16.2. The van der Waals surface area contributed by atoms with E-state index in [0.29, 0.717) is 6.54 Å². The number of hydrogen-bond acceptors (Lipinski definition) is 4. The predicted molar refractivity (Wildman–Crippen MR) is 72.2 cm³/mol. The fourth-order valence-corrected chi connectivity index (χ4v) is 2.31. The number of fused-ring (bicyclic) bond motifs is 1. The lowest BCUT2D eigenvalue weighted by Crippen LogP contribution is -2.38. The minimum absolute atomic E-state index is 0.255. The summed E-state index contributed by atoms with van der Waals surface area (Å²) in [7, 11) is 0. The second kappa shape index (κ2) is 5.71. The Bertz CT molecular complexity index is 501. The molecule has 6 nitrogen and oxygen atoms in total. The Balaban J connectivity index is 1.90. The molecule has 5 N–H and O–H groups in total. The molecule has 3 amide bonds. The summed E-state index contributed by atoms with van der Waals surface area (Å²) in [5.74, 6) is -0.348. The average Bonchev–Trinajstić information content (AvgIpc) is 2.36. The fraction of sp³-hybridized carbons (Fsp3) is 0.385. The molecule has 0 spiro atoms. The van der Waals surface area contributed by atoms with Crippen LogP contribution in [0.4, 0.5) is 10.5 Å². The number of nitrogens with one attached hydrogen (secondary N) is 1. The molecule has 0 atom stereocenters. The molecular weight excluding hydrogens is 244 g/mol. The van der Waals surface area contributed by atoms with E-state index in [1.807, 2.05) is 12.1 Å². The van der Waals surface area contributed by atoms with Gasteiger partial charge in [0.25, 0.3) is 0 Å². The normalized spacial score (nSPS) is 14.7. The molecule has 1 aliphatic heterocycles. The number of hydrogen-bond donors (Lipinski definition) is 3. The van der Waals surface area contributed by atoms with Crippen molar-refractivity contribution in [2.75, 3.05) is 18.8 Å². The van der Waals surface area contributed by atoms with Crippen molar-refractivity contribution in [3.05, 3.63) is 29.3 Å². The van der Waals surface area contributed by atoms with E-state index in [-0.39, 0.29) is 12.3 Å². The highest BCUT2D eigenvalue weighted by Gasteiger charge is 2.18. The number of urea groups is 1. The maximum atomic E-state index is 11.3. The lowest BCUT2D eigenvalue weighted by Gasteiger charge is -2.29. The third-order valence-corrected chi connectivity index (χ3v) is 3.31. The summed E-state index contributed by atoms with van der Waals surface area (Å²) >= 11 is 0. The summed E-state index contributed by atoms with van der Waals surface area (Å²) in [6.07, 6.45) is 1.18. The number of carbonyl (C=O) groups is 2. The van der Waals surface area contributed by atoms with Gasteiger partial charge in [-0.25, -0.2) is 4.79 Å². The number of carbonyl (C=O) groups excluding carboxylic acids is 2. The van der Waals surface area contributed by atoms with Gasteiger partial charge in [-0.15, -0.1) is 0 Å². The summed E-state index contributed by atoms with van der Waals surface area (Å²) in [6, 6.07) is 5.13. The van der Waals surface area contributed by atoms with Gasteiger partial charge in [0.2, 0.25) is 5.91 Å². The second-order valence-corrected chi connectivity index (χ2v) is 4.67. The van der Waals surface area contributed by atoms with Gasteiger partial charge in [0.15, 0.2) is 0 Å². The van der Waals surface area contributed by atoms with Gasteiger partial charge in [-0.3, -0.25) is 15.0 Å². The minimum atomic E-state index is -0.807. The smallest absolute Gasteiger partial charge is 0.318 e. The van der Waals surface area contributed by atoms with E-state index in [4.69, 9.17) is 11.5 Å². The number of imide groups is 1. The third-order valence-electron chi connectivity index (χ3n) is 3.31. The van der Waals surface area contributed by atoms with E-state index in [1.54, 1.807) is 0 Å². The molecular formula is C13H18N4O2. The second-order valence-electron chi connectivity index (χ2n) is 4.67. The van der Waals surface area contributed by atoms with Gasteiger partial charge in [0.05, 0.1) is 0 Å². The van der Waals surface area contributed by atoms with Crippen molar-refractivity contribution in [1.82, 2.24) is 10.2 Å². The minimum Gasteiger partial charge on any atom is -0.398 e. The number of benzene rings is 1. The standard InChI is InChI=1S/C13H18N4O2/c14-11-3-1-2-9-4-6-17(8-10(9)11)7-5-12(18)16-13(15)19/h1-3H,4-8,14H2,(H3,15,16,18,19). The van der Waals surface area contributed by atoms with Crippen molar-refractivity contribution < 1.29 is 9.59 Å². The van der Waals surface area contributed by atoms with Crippen molar-refractivity contribution >= 4 is 17.6 Å². The maximum absolute atomic E-state index is 11.3. The Morgan fingerprint density at radius 2 is 2.16 bits per heavy atom. The number of primary amides is 1. The van der Waals surface area contributed by atoms with Gasteiger partial charge in [-0.05, 0) is 23.6 Å². The zero-order chi connectivity index (χ0) is 13.8. The predicted octanol–water partition coefficient (Wildman–Crippen LogP) is 0.212. The summed E-state index contributed by atoms with van der Waals surface area (Å²) in [5.41, 5.74) is 14.1. The third kappa shape index (κ3) is 3.45. The zero-order valence-corrected chi connectivity index (χ0v) is 10.7. The highest BCUT2D eigenvalue weighted by molar-refractivity contribution is 5.93. The van der Waals surface area contributed by atoms with Crippen LogP contribution in [0.25, 0.3) is 0 Å². The fourth-order valence-electron chi connectivity index (χ4n) is 2.31. The van der Waals surface area contributed by atoms with Crippen molar-refractivity contribution in [3.8, 4) is 0 Å². The Labute approximate surface area is 111 Å². The summed E-state index contributed by atoms with van der Waals surface area (Å²) < 4.78 is 0. The zero-order valence-electron chi connectivity index (χ0n) is 10.7. The maximum Gasteiger partial charge on any atom is 0.318 e. The Morgan fingerprint density at radius 3 is 2.89 bits per heavy atom. The Morgan fingerprint density at radius 1 is 1.37 bits per heavy atom. The van der Waals surface area contributed by atoms with Crippen LogP contribution in [0.5, 0.6) is 0 Å². The van der Waals surface area contributed by atoms with Gasteiger partial charge in [-0.2, -0.15) is 0 Å². The first-order chi connectivity index (χ1) is 9.06. The van der Waals surface area contributed by atoms with Crippen LogP contribution in [0.1, 0.15) is 17.5 Å².